The highest BCUT2D eigenvalue weighted by Gasteiger charge is 2.33. The van der Waals surface area contributed by atoms with Crippen LogP contribution in [0.3, 0.4) is 0 Å². The SMILES string of the molecule is CNC(=O)C(=NC(=O)c1ccc(C2CC2)c(S(=O)(=O)CC(C)C)n1)C(C)(C)C. The van der Waals surface area contributed by atoms with Gasteiger partial charge in [0.2, 0.25) is 0 Å². The minimum absolute atomic E-state index is 0.0259. The van der Waals surface area contributed by atoms with Crippen molar-refractivity contribution in [3.8, 4) is 0 Å². The molecule has 2 rings (SSSR count). The van der Waals surface area contributed by atoms with E-state index >= 15 is 0 Å². The van der Waals surface area contributed by atoms with E-state index in [-0.39, 0.29) is 34.0 Å². The van der Waals surface area contributed by atoms with Gasteiger partial charge in [-0.3, -0.25) is 9.59 Å². The lowest BCUT2D eigenvalue weighted by Gasteiger charge is -2.19. The predicted octanol–water partition coefficient (Wildman–Crippen LogP) is 2.76. The summed E-state index contributed by atoms with van der Waals surface area (Å²) in [4.78, 5) is 33.0. The van der Waals surface area contributed by atoms with Gasteiger partial charge < -0.3 is 5.32 Å². The summed E-state index contributed by atoms with van der Waals surface area (Å²) in [6, 6.07) is 3.16. The molecule has 1 fully saturated rings. The average molecular weight is 408 g/mol. The Morgan fingerprint density at radius 1 is 1.25 bits per heavy atom. The van der Waals surface area contributed by atoms with Crippen LogP contribution in [0.25, 0.3) is 0 Å². The fraction of sp³-hybridized carbons (Fsp3) is 0.600. The molecule has 0 spiro atoms. The van der Waals surface area contributed by atoms with E-state index in [0.29, 0.717) is 5.56 Å². The first-order valence-corrected chi connectivity index (χ1v) is 11.1. The van der Waals surface area contributed by atoms with Gasteiger partial charge in [0.05, 0.1) is 5.75 Å². The zero-order chi connectivity index (χ0) is 21.3. The Balaban J connectivity index is 2.52. The van der Waals surface area contributed by atoms with Gasteiger partial charge in [0.25, 0.3) is 11.8 Å². The zero-order valence-electron chi connectivity index (χ0n) is 17.4. The number of sulfone groups is 1. The third kappa shape index (κ3) is 5.25. The molecule has 1 aliphatic carbocycles. The maximum absolute atomic E-state index is 12.8. The van der Waals surface area contributed by atoms with E-state index < -0.39 is 27.1 Å². The highest BCUT2D eigenvalue weighted by Crippen LogP contribution is 2.42. The van der Waals surface area contributed by atoms with Crippen LogP contribution in [0.15, 0.2) is 22.2 Å². The minimum atomic E-state index is -3.62. The van der Waals surface area contributed by atoms with Crippen molar-refractivity contribution in [1.29, 1.82) is 0 Å². The molecule has 7 nitrogen and oxygen atoms in total. The van der Waals surface area contributed by atoms with Gasteiger partial charge in [-0.2, -0.15) is 0 Å². The Kier molecular flexibility index (Phi) is 6.43. The third-order valence-corrected chi connectivity index (χ3v) is 6.36. The summed E-state index contributed by atoms with van der Waals surface area (Å²) < 4.78 is 25.7. The molecular formula is C20H29N3O4S. The Hall–Kier alpha value is -2.09. The highest BCUT2D eigenvalue weighted by molar-refractivity contribution is 7.91. The van der Waals surface area contributed by atoms with Crippen molar-refractivity contribution in [2.45, 2.75) is 58.4 Å². The molecular weight excluding hydrogens is 378 g/mol. The predicted molar refractivity (Wildman–Crippen MR) is 108 cm³/mol. The molecule has 0 radical (unpaired) electrons. The molecule has 0 aromatic carbocycles. The molecule has 0 unspecified atom stereocenters. The van der Waals surface area contributed by atoms with Crippen molar-refractivity contribution < 1.29 is 18.0 Å². The number of amides is 2. The summed E-state index contributed by atoms with van der Waals surface area (Å²) in [7, 11) is -2.15. The van der Waals surface area contributed by atoms with Crippen molar-refractivity contribution in [3.05, 3.63) is 23.4 Å². The molecule has 0 bridgehead atoms. The van der Waals surface area contributed by atoms with E-state index in [4.69, 9.17) is 0 Å². The summed E-state index contributed by atoms with van der Waals surface area (Å²) in [5, 5.41) is 2.45. The monoisotopic (exact) mass is 407 g/mol. The Bertz CT molecular complexity index is 908. The van der Waals surface area contributed by atoms with Crippen molar-refractivity contribution in [1.82, 2.24) is 10.3 Å². The molecule has 1 N–H and O–H groups in total. The molecule has 8 heteroatoms. The molecule has 1 saturated carbocycles. The van der Waals surface area contributed by atoms with E-state index in [1.807, 2.05) is 13.8 Å². The van der Waals surface area contributed by atoms with E-state index in [2.05, 4.69) is 15.3 Å². The molecule has 1 aromatic rings. The number of carbonyl (C=O) groups excluding carboxylic acids is 2. The second-order valence-electron chi connectivity index (χ2n) is 8.64. The fourth-order valence-electron chi connectivity index (χ4n) is 2.88. The Labute approximate surface area is 167 Å². The van der Waals surface area contributed by atoms with Crippen molar-refractivity contribution in [3.63, 3.8) is 0 Å². The number of hydrogen-bond donors (Lipinski definition) is 1. The van der Waals surface area contributed by atoms with Crippen LogP contribution in [0.4, 0.5) is 0 Å². The van der Waals surface area contributed by atoms with Crippen LogP contribution in [0.1, 0.15) is 69.4 Å². The third-order valence-electron chi connectivity index (χ3n) is 4.34. The van der Waals surface area contributed by atoms with Gasteiger partial charge in [0.1, 0.15) is 11.4 Å². The maximum atomic E-state index is 12.8. The molecule has 0 saturated heterocycles. The lowest BCUT2D eigenvalue weighted by Crippen LogP contribution is -2.37. The van der Waals surface area contributed by atoms with Crippen LogP contribution in [0.5, 0.6) is 0 Å². The van der Waals surface area contributed by atoms with E-state index in [9.17, 15) is 18.0 Å². The molecule has 1 heterocycles. The van der Waals surface area contributed by atoms with Gasteiger partial charge in [-0.1, -0.05) is 40.7 Å². The highest BCUT2D eigenvalue weighted by atomic mass is 32.2. The van der Waals surface area contributed by atoms with Gasteiger partial charge in [-0.05, 0) is 36.3 Å². The summed E-state index contributed by atoms with van der Waals surface area (Å²) in [6.07, 6.45) is 1.84. The quantitative estimate of drug-likeness (QED) is 0.730. The number of nitrogens with one attached hydrogen (secondary N) is 1. The molecule has 154 valence electrons. The Morgan fingerprint density at radius 3 is 2.32 bits per heavy atom. The molecule has 1 aliphatic rings. The number of hydrogen-bond acceptors (Lipinski definition) is 5. The van der Waals surface area contributed by atoms with Gasteiger partial charge >= 0.3 is 0 Å². The second kappa shape index (κ2) is 8.11. The number of pyridine rings is 1. The number of rotatable bonds is 6. The molecule has 28 heavy (non-hydrogen) atoms. The fourth-order valence-corrected chi connectivity index (χ4v) is 4.75. The van der Waals surface area contributed by atoms with Crippen molar-refractivity contribution >= 4 is 27.4 Å². The molecule has 0 aliphatic heterocycles. The Morgan fingerprint density at radius 2 is 1.86 bits per heavy atom. The lowest BCUT2D eigenvalue weighted by atomic mass is 9.89. The van der Waals surface area contributed by atoms with Crippen LogP contribution in [-0.2, 0) is 14.6 Å². The van der Waals surface area contributed by atoms with Crippen LogP contribution < -0.4 is 5.32 Å². The normalized spacial score (nSPS) is 15.6. The second-order valence-corrected chi connectivity index (χ2v) is 10.6. The van der Waals surface area contributed by atoms with Gasteiger partial charge in [-0.25, -0.2) is 18.4 Å². The summed E-state index contributed by atoms with van der Waals surface area (Å²) >= 11 is 0. The molecule has 2 amide bonds. The topological polar surface area (TPSA) is 106 Å². The van der Waals surface area contributed by atoms with Crippen LogP contribution in [0, 0.1) is 11.3 Å². The summed E-state index contributed by atoms with van der Waals surface area (Å²) in [6.45, 7) is 8.97. The summed E-state index contributed by atoms with van der Waals surface area (Å²) in [5.41, 5.74) is 0.0107. The van der Waals surface area contributed by atoms with Gasteiger partial charge in [0.15, 0.2) is 14.9 Å². The standard InChI is InChI=1S/C20H29N3O4S/c1-12(2)11-28(26,27)19-14(13-7-8-13)9-10-15(22-19)17(24)23-16(18(25)21-6)20(3,4)5/h9-10,12-13H,7-8,11H2,1-6H3,(H,21,25). The van der Waals surface area contributed by atoms with E-state index in [1.54, 1.807) is 26.8 Å². The number of carbonyl (C=O) groups is 2. The number of aromatic nitrogens is 1. The lowest BCUT2D eigenvalue weighted by molar-refractivity contribution is -0.114. The molecule has 0 atom stereocenters. The van der Waals surface area contributed by atoms with Crippen LogP contribution >= 0.6 is 0 Å². The van der Waals surface area contributed by atoms with E-state index in [0.717, 1.165) is 12.8 Å². The largest absolute Gasteiger partial charge is 0.354 e. The first-order chi connectivity index (χ1) is 12.9. The van der Waals surface area contributed by atoms with Gasteiger partial charge in [-0.15, -0.1) is 0 Å². The number of aliphatic imine (C=N–C) groups is 1. The first kappa shape index (κ1) is 22.2. The number of nitrogens with zero attached hydrogens (tertiary/aromatic N) is 2. The van der Waals surface area contributed by atoms with Gasteiger partial charge in [0, 0.05) is 12.5 Å². The van der Waals surface area contributed by atoms with Crippen LogP contribution in [0.2, 0.25) is 0 Å². The summed E-state index contributed by atoms with van der Waals surface area (Å²) in [5.74, 6) is -1.10. The van der Waals surface area contributed by atoms with Crippen molar-refractivity contribution in [2.24, 2.45) is 16.3 Å². The first-order valence-electron chi connectivity index (χ1n) is 9.46. The minimum Gasteiger partial charge on any atom is -0.354 e. The van der Waals surface area contributed by atoms with Crippen LogP contribution in [-0.4, -0.2) is 43.7 Å². The smallest absolute Gasteiger partial charge is 0.296 e. The zero-order valence-corrected chi connectivity index (χ0v) is 18.2. The maximum Gasteiger partial charge on any atom is 0.296 e. The average Bonchev–Trinajstić information content (AvgIpc) is 3.41. The van der Waals surface area contributed by atoms with E-state index in [1.165, 1.54) is 13.1 Å². The molecule has 1 aromatic heterocycles. The van der Waals surface area contributed by atoms with Crippen molar-refractivity contribution in [2.75, 3.05) is 12.8 Å².